The first-order chi connectivity index (χ1) is 8.57. The second kappa shape index (κ2) is 4.66. The van der Waals surface area contributed by atoms with Crippen molar-refractivity contribution in [1.29, 1.82) is 5.26 Å². The van der Waals surface area contributed by atoms with Gasteiger partial charge < -0.3 is 4.52 Å². The van der Waals surface area contributed by atoms with Crippen molar-refractivity contribution in [2.24, 2.45) is 0 Å². The van der Waals surface area contributed by atoms with E-state index in [4.69, 9.17) is 4.52 Å². The predicted octanol–water partition coefficient (Wildman–Crippen LogP) is 3.32. The molecule has 92 valence electrons. The summed E-state index contributed by atoms with van der Waals surface area (Å²) >= 11 is 0. The fraction of sp³-hybridized carbons (Fsp3) is 0.333. The molecule has 1 atom stereocenters. The van der Waals surface area contributed by atoms with E-state index in [2.05, 4.69) is 11.2 Å². The van der Waals surface area contributed by atoms with Gasteiger partial charge in [-0.15, -0.1) is 0 Å². The highest BCUT2D eigenvalue weighted by atomic mass is 16.5. The molecule has 0 saturated carbocycles. The van der Waals surface area contributed by atoms with Crippen molar-refractivity contribution in [2.75, 3.05) is 0 Å². The molecule has 2 aromatic rings. The Balaban J connectivity index is 2.39. The van der Waals surface area contributed by atoms with Crippen molar-refractivity contribution in [2.45, 2.75) is 32.6 Å². The molecule has 0 aliphatic carbocycles. The molecule has 3 heteroatoms. The number of aryl methyl sites for hydroxylation is 2. The highest BCUT2D eigenvalue weighted by Gasteiger charge is 2.29. The van der Waals surface area contributed by atoms with Crippen LogP contribution >= 0.6 is 0 Å². The maximum atomic E-state index is 9.52. The average molecular weight is 240 g/mol. The first-order valence-corrected chi connectivity index (χ1v) is 5.95. The molecule has 0 amide bonds. The van der Waals surface area contributed by atoms with Gasteiger partial charge in [0.2, 0.25) is 0 Å². The number of nitrogens with zero attached hydrogens (tertiary/aromatic N) is 2. The SMILES string of the molecule is Cc1noc(C)c1CC(C)(C#N)c1ccccc1. The Morgan fingerprint density at radius 2 is 1.94 bits per heavy atom. The maximum Gasteiger partial charge on any atom is 0.137 e. The number of hydrogen-bond donors (Lipinski definition) is 0. The van der Waals surface area contributed by atoms with Gasteiger partial charge in [-0.3, -0.25) is 0 Å². The second-order valence-electron chi connectivity index (χ2n) is 4.79. The van der Waals surface area contributed by atoms with Crippen molar-refractivity contribution in [3.8, 4) is 6.07 Å². The largest absolute Gasteiger partial charge is 0.361 e. The molecule has 1 aromatic carbocycles. The Morgan fingerprint density at radius 3 is 2.44 bits per heavy atom. The van der Waals surface area contributed by atoms with Crippen LogP contribution in [0.2, 0.25) is 0 Å². The van der Waals surface area contributed by atoms with Crippen molar-refractivity contribution in [1.82, 2.24) is 5.16 Å². The van der Waals surface area contributed by atoms with Crippen LogP contribution in [-0.2, 0) is 11.8 Å². The second-order valence-corrected chi connectivity index (χ2v) is 4.79. The van der Waals surface area contributed by atoms with E-state index in [1.807, 2.05) is 51.1 Å². The van der Waals surface area contributed by atoms with Gasteiger partial charge in [0.25, 0.3) is 0 Å². The van der Waals surface area contributed by atoms with E-state index in [9.17, 15) is 5.26 Å². The lowest BCUT2D eigenvalue weighted by Gasteiger charge is -2.21. The van der Waals surface area contributed by atoms with Crippen LogP contribution in [-0.4, -0.2) is 5.16 Å². The third-order valence-corrected chi connectivity index (χ3v) is 3.37. The molecule has 0 aliphatic rings. The Hall–Kier alpha value is -2.08. The summed E-state index contributed by atoms with van der Waals surface area (Å²) in [6, 6.07) is 12.3. The third kappa shape index (κ3) is 2.14. The predicted molar refractivity (Wildman–Crippen MR) is 69.1 cm³/mol. The van der Waals surface area contributed by atoms with Gasteiger partial charge in [-0.05, 0) is 26.3 Å². The highest BCUT2D eigenvalue weighted by Crippen LogP contribution is 2.29. The molecule has 0 radical (unpaired) electrons. The van der Waals surface area contributed by atoms with E-state index < -0.39 is 5.41 Å². The molecule has 0 bridgehead atoms. The molecule has 0 saturated heterocycles. The Bertz CT molecular complexity index is 561. The normalized spacial score (nSPS) is 13.9. The zero-order chi connectivity index (χ0) is 13.2. The molecule has 2 rings (SSSR count). The minimum absolute atomic E-state index is 0.553. The number of rotatable bonds is 3. The van der Waals surface area contributed by atoms with Crippen LogP contribution in [0, 0.1) is 25.2 Å². The van der Waals surface area contributed by atoms with Gasteiger partial charge in [0.15, 0.2) is 0 Å². The standard InChI is InChI=1S/C15H16N2O/c1-11-14(12(2)18-17-11)9-15(3,10-16)13-7-5-4-6-8-13/h4-8H,9H2,1-3H3. The van der Waals surface area contributed by atoms with Gasteiger partial charge in [-0.2, -0.15) is 5.26 Å². The molecule has 0 spiro atoms. The summed E-state index contributed by atoms with van der Waals surface area (Å²) in [5.74, 6) is 0.796. The van der Waals surface area contributed by atoms with Gasteiger partial charge in [0.1, 0.15) is 5.76 Å². The number of hydrogen-bond acceptors (Lipinski definition) is 3. The van der Waals surface area contributed by atoms with Crippen molar-refractivity contribution in [3.05, 3.63) is 52.9 Å². The van der Waals surface area contributed by atoms with Crippen molar-refractivity contribution >= 4 is 0 Å². The number of nitriles is 1. The van der Waals surface area contributed by atoms with E-state index in [-0.39, 0.29) is 0 Å². The summed E-state index contributed by atoms with van der Waals surface area (Å²) in [7, 11) is 0. The lowest BCUT2D eigenvalue weighted by Crippen LogP contribution is -2.23. The fourth-order valence-corrected chi connectivity index (χ4v) is 2.12. The molecule has 0 aliphatic heterocycles. The first-order valence-electron chi connectivity index (χ1n) is 5.95. The summed E-state index contributed by atoms with van der Waals surface area (Å²) < 4.78 is 5.16. The minimum Gasteiger partial charge on any atom is -0.361 e. The van der Waals surface area contributed by atoms with Gasteiger partial charge in [0.05, 0.1) is 17.2 Å². The molecule has 0 N–H and O–H groups in total. The quantitative estimate of drug-likeness (QED) is 0.827. The Morgan fingerprint density at radius 1 is 1.28 bits per heavy atom. The molecule has 3 nitrogen and oxygen atoms in total. The zero-order valence-corrected chi connectivity index (χ0v) is 10.9. The third-order valence-electron chi connectivity index (χ3n) is 3.37. The molecule has 1 unspecified atom stereocenters. The fourth-order valence-electron chi connectivity index (χ4n) is 2.12. The van der Waals surface area contributed by atoms with Crippen LogP contribution in [0.15, 0.2) is 34.9 Å². The van der Waals surface area contributed by atoms with Crippen molar-refractivity contribution in [3.63, 3.8) is 0 Å². The van der Waals surface area contributed by atoms with E-state index in [0.717, 1.165) is 22.6 Å². The zero-order valence-electron chi connectivity index (χ0n) is 10.9. The summed E-state index contributed by atoms with van der Waals surface area (Å²) in [6.45, 7) is 5.75. The lowest BCUT2D eigenvalue weighted by atomic mass is 9.78. The first kappa shape index (κ1) is 12.4. The molecular weight excluding hydrogens is 224 g/mol. The summed E-state index contributed by atoms with van der Waals surface area (Å²) in [6.07, 6.45) is 0.620. The Labute approximate surface area is 107 Å². The molecular formula is C15H16N2O. The van der Waals surface area contributed by atoms with Crippen LogP contribution in [0.4, 0.5) is 0 Å². The highest BCUT2D eigenvalue weighted by molar-refractivity contribution is 5.36. The van der Waals surface area contributed by atoms with Gasteiger partial charge >= 0.3 is 0 Å². The topological polar surface area (TPSA) is 49.8 Å². The van der Waals surface area contributed by atoms with Gasteiger partial charge in [0, 0.05) is 12.0 Å². The lowest BCUT2D eigenvalue weighted by molar-refractivity contribution is 0.391. The number of benzene rings is 1. The smallest absolute Gasteiger partial charge is 0.137 e. The molecule has 1 heterocycles. The van der Waals surface area contributed by atoms with E-state index >= 15 is 0 Å². The molecule has 18 heavy (non-hydrogen) atoms. The van der Waals surface area contributed by atoms with Crippen LogP contribution in [0.3, 0.4) is 0 Å². The van der Waals surface area contributed by atoms with Crippen LogP contribution < -0.4 is 0 Å². The van der Waals surface area contributed by atoms with Gasteiger partial charge in [-0.1, -0.05) is 35.5 Å². The van der Waals surface area contributed by atoms with Crippen LogP contribution in [0.1, 0.15) is 29.5 Å². The van der Waals surface area contributed by atoms with Crippen LogP contribution in [0.25, 0.3) is 0 Å². The van der Waals surface area contributed by atoms with E-state index in [0.29, 0.717) is 6.42 Å². The van der Waals surface area contributed by atoms with Crippen LogP contribution in [0.5, 0.6) is 0 Å². The molecule has 1 aromatic heterocycles. The monoisotopic (exact) mass is 240 g/mol. The molecule has 0 fully saturated rings. The average Bonchev–Trinajstić information content (AvgIpc) is 2.71. The summed E-state index contributed by atoms with van der Waals surface area (Å²) in [5, 5.41) is 13.5. The summed E-state index contributed by atoms with van der Waals surface area (Å²) in [5.41, 5.74) is 2.36. The Kier molecular flexibility index (Phi) is 3.20. The minimum atomic E-state index is -0.553. The number of aromatic nitrogens is 1. The van der Waals surface area contributed by atoms with E-state index in [1.165, 1.54) is 0 Å². The van der Waals surface area contributed by atoms with Crippen molar-refractivity contribution < 1.29 is 4.52 Å². The summed E-state index contributed by atoms with van der Waals surface area (Å²) in [4.78, 5) is 0. The van der Waals surface area contributed by atoms with E-state index in [1.54, 1.807) is 0 Å². The van der Waals surface area contributed by atoms with Gasteiger partial charge in [-0.25, -0.2) is 0 Å². The maximum absolute atomic E-state index is 9.52.